The highest BCUT2D eigenvalue weighted by molar-refractivity contribution is 5.91. The zero-order chi connectivity index (χ0) is 23.6. The van der Waals surface area contributed by atoms with Crippen LogP contribution < -0.4 is 20.1 Å². The molecule has 2 aromatic rings. The quantitative estimate of drug-likeness (QED) is 0.506. The van der Waals surface area contributed by atoms with Gasteiger partial charge >= 0.3 is 6.03 Å². The van der Waals surface area contributed by atoms with Crippen molar-refractivity contribution in [2.75, 3.05) is 33.1 Å². The number of para-hydroxylation sites is 2. The van der Waals surface area contributed by atoms with Gasteiger partial charge in [-0.25, -0.2) is 4.79 Å². The highest BCUT2D eigenvalue weighted by Crippen LogP contribution is 2.49. The second-order valence-electron chi connectivity index (χ2n) is 8.82. The monoisotopic (exact) mass is 454 g/mol. The molecule has 2 N–H and O–H groups in total. The van der Waals surface area contributed by atoms with Crippen LogP contribution >= 0.6 is 0 Å². The maximum atomic E-state index is 12.6. The summed E-state index contributed by atoms with van der Waals surface area (Å²) in [5, 5.41) is 16.9. The number of anilines is 1. The Morgan fingerprint density at radius 1 is 1.15 bits per heavy atom. The molecule has 2 fully saturated rings. The highest BCUT2D eigenvalue weighted by atomic mass is 16.6. The van der Waals surface area contributed by atoms with Crippen LogP contribution in [0.15, 0.2) is 42.5 Å². The smallest absolute Gasteiger partial charge is 0.319 e. The second kappa shape index (κ2) is 9.27. The zero-order valence-corrected chi connectivity index (χ0v) is 19.2. The van der Waals surface area contributed by atoms with Crippen molar-refractivity contribution in [1.29, 1.82) is 0 Å². The SMILES string of the molecule is COc1ccc([C@@]23CC[C@H](NC(=O)Nc4ccccc4[N+](=O)[O-])C[C@H]2N(C)CC3)cc1OC. The standard InChI is InChI=1S/C24H30N4O5/c1-27-13-12-24(16-8-9-20(32-2)21(14-16)33-3)11-10-17(15-22(24)27)25-23(29)26-18-6-4-5-7-19(18)28(30)31/h4-9,14,17,22H,10-13,15H2,1-3H3,(H2,25,26,29)/t17-,22+,24-/m0/s1. The number of nitro groups is 1. The van der Waals surface area contributed by atoms with Crippen LogP contribution in [0, 0.1) is 10.1 Å². The number of methoxy groups -OCH3 is 2. The van der Waals surface area contributed by atoms with Crippen molar-refractivity contribution >= 4 is 17.4 Å². The van der Waals surface area contributed by atoms with Gasteiger partial charge in [0.05, 0.1) is 19.1 Å². The number of nitrogens with zero attached hydrogens (tertiary/aromatic N) is 2. The normalized spacial score (nSPS) is 24.6. The van der Waals surface area contributed by atoms with Gasteiger partial charge in [0.2, 0.25) is 0 Å². The van der Waals surface area contributed by atoms with E-state index in [1.165, 1.54) is 17.7 Å². The highest BCUT2D eigenvalue weighted by Gasteiger charge is 2.50. The van der Waals surface area contributed by atoms with Gasteiger partial charge in [0.15, 0.2) is 11.5 Å². The van der Waals surface area contributed by atoms with Crippen molar-refractivity contribution in [2.24, 2.45) is 0 Å². The Labute approximate surface area is 193 Å². The minimum atomic E-state index is -0.499. The molecule has 33 heavy (non-hydrogen) atoms. The minimum Gasteiger partial charge on any atom is -0.493 e. The van der Waals surface area contributed by atoms with Crippen molar-refractivity contribution in [3.05, 3.63) is 58.1 Å². The van der Waals surface area contributed by atoms with Crippen LogP contribution in [0.1, 0.15) is 31.2 Å². The number of hydrogen-bond donors (Lipinski definition) is 2. The summed E-state index contributed by atoms with van der Waals surface area (Å²) >= 11 is 0. The molecule has 1 aliphatic carbocycles. The van der Waals surface area contributed by atoms with Crippen molar-refractivity contribution < 1.29 is 19.2 Å². The van der Waals surface area contributed by atoms with E-state index >= 15 is 0 Å². The third kappa shape index (κ3) is 4.32. The average Bonchev–Trinajstić information content (AvgIpc) is 3.15. The molecule has 0 radical (unpaired) electrons. The second-order valence-corrected chi connectivity index (χ2v) is 8.82. The van der Waals surface area contributed by atoms with Crippen LogP contribution in [0.25, 0.3) is 0 Å². The van der Waals surface area contributed by atoms with Gasteiger partial charge in [-0.2, -0.15) is 0 Å². The fourth-order valence-electron chi connectivity index (χ4n) is 5.48. The molecule has 4 rings (SSSR count). The summed E-state index contributed by atoms with van der Waals surface area (Å²) in [4.78, 5) is 25.7. The lowest BCUT2D eigenvalue weighted by molar-refractivity contribution is -0.383. The molecule has 1 saturated heterocycles. The number of amides is 2. The summed E-state index contributed by atoms with van der Waals surface area (Å²) < 4.78 is 11.0. The average molecular weight is 455 g/mol. The fourth-order valence-corrected chi connectivity index (χ4v) is 5.48. The van der Waals surface area contributed by atoms with Crippen LogP contribution in [0.3, 0.4) is 0 Å². The Balaban J connectivity index is 1.49. The van der Waals surface area contributed by atoms with E-state index < -0.39 is 11.0 Å². The molecule has 0 unspecified atom stereocenters. The molecule has 2 aromatic carbocycles. The molecule has 176 valence electrons. The molecule has 2 aliphatic rings. The van der Waals surface area contributed by atoms with E-state index in [1.807, 2.05) is 6.07 Å². The lowest BCUT2D eigenvalue weighted by Crippen LogP contribution is -2.52. The van der Waals surface area contributed by atoms with Gasteiger partial charge in [-0.1, -0.05) is 18.2 Å². The number of carbonyl (C=O) groups is 1. The van der Waals surface area contributed by atoms with Crippen molar-refractivity contribution in [3.8, 4) is 11.5 Å². The first-order valence-electron chi connectivity index (χ1n) is 11.1. The van der Waals surface area contributed by atoms with Gasteiger partial charge < -0.3 is 25.0 Å². The van der Waals surface area contributed by atoms with E-state index in [0.29, 0.717) is 5.75 Å². The number of urea groups is 1. The lowest BCUT2D eigenvalue weighted by atomic mass is 9.65. The van der Waals surface area contributed by atoms with E-state index in [1.54, 1.807) is 26.4 Å². The molecule has 0 bridgehead atoms. The number of nitro benzene ring substituents is 1. The van der Waals surface area contributed by atoms with Crippen LogP contribution in [0.5, 0.6) is 11.5 Å². The molecule has 0 aromatic heterocycles. The number of ether oxygens (including phenoxy) is 2. The number of benzene rings is 2. The summed E-state index contributed by atoms with van der Waals surface area (Å²) in [6.45, 7) is 0.980. The number of nitrogens with one attached hydrogen (secondary N) is 2. The topological polar surface area (TPSA) is 106 Å². The predicted molar refractivity (Wildman–Crippen MR) is 125 cm³/mol. The summed E-state index contributed by atoms with van der Waals surface area (Å²) in [5.41, 5.74) is 1.28. The van der Waals surface area contributed by atoms with Crippen LogP contribution in [0.2, 0.25) is 0 Å². The lowest BCUT2D eigenvalue weighted by Gasteiger charge is -2.45. The summed E-state index contributed by atoms with van der Waals surface area (Å²) in [6, 6.07) is 12.1. The number of fused-ring (bicyclic) bond motifs is 1. The first kappa shape index (κ1) is 22.8. The first-order chi connectivity index (χ1) is 15.9. The number of carbonyl (C=O) groups excluding carboxylic acids is 1. The van der Waals surface area contributed by atoms with Crippen molar-refractivity contribution in [3.63, 3.8) is 0 Å². The number of rotatable bonds is 6. The number of likely N-dealkylation sites (N-methyl/N-ethyl adjacent to an activating group) is 1. The van der Waals surface area contributed by atoms with Crippen LogP contribution in [0.4, 0.5) is 16.2 Å². The molecule has 9 nitrogen and oxygen atoms in total. The Morgan fingerprint density at radius 3 is 2.64 bits per heavy atom. The van der Waals surface area contributed by atoms with Crippen molar-refractivity contribution in [2.45, 2.75) is 43.2 Å². The third-order valence-electron chi connectivity index (χ3n) is 7.17. The molecule has 9 heteroatoms. The van der Waals surface area contributed by atoms with Gasteiger partial charge in [-0.3, -0.25) is 10.1 Å². The zero-order valence-electron chi connectivity index (χ0n) is 19.2. The Morgan fingerprint density at radius 2 is 1.91 bits per heavy atom. The summed E-state index contributed by atoms with van der Waals surface area (Å²) in [6.07, 6.45) is 3.59. The molecule has 3 atom stereocenters. The molecule has 0 spiro atoms. The van der Waals surface area contributed by atoms with E-state index in [9.17, 15) is 14.9 Å². The fraction of sp³-hybridized carbons (Fsp3) is 0.458. The van der Waals surface area contributed by atoms with Gasteiger partial charge in [0.25, 0.3) is 5.69 Å². The van der Waals surface area contributed by atoms with Gasteiger partial charge in [-0.15, -0.1) is 0 Å². The van der Waals surface area contributed by atoms with Gasteiger partial charge in [-0.05, 0) is 63.0 Å². The van der Waals surface area contributed by atoms with Crippen LogP contribution in [-0.2, 0) is 5.41 Å². The number of hydrogen-bond acceptors (Lipinski definition) is 6. The molecular formula is C24H30N4O5. The predicted octanol–water partition coefficient (Wildman–Crippen LogP) is 3.93. The van der Waals surface area contributed by atoms with Crippen LogP contribution in [-0.4, -0.2) is 55.8 Å². The third-order valence-corrected chi connectivity index (χ3v) is 7.17. The first-order valence-corrected chi connectivity index (χ1v) is 11.1. The van der Waals surface area contributed by atoms with E-state index in [2.05, 4.69) is 34.7 Å². The molecule has 2 amide bonds. The van der Waals surface area contributed by atoms with Gasteiger partial charge in [0, 0.05) is 23.6 Å². The molecular weight excluding hydrogens is 424 g/mol. The minimum absolute atomic E-state index is 0.0127. The summed E-state index contributed by atoms with van der Waals surface area (Å²) in [7, 11) is 5.41. The van der Waals surface area contributed by atoms with Crippen molar-refractivity contribution in [1.82, 2.24) is 10.2 Å². The van der Waals surface area contributed by atoms with Gasteiger partial charge in [0.1, 0.15) is 5.69 Å². The maximum absolute atomic E-state index is 12.6. The Bertz CT molecular complexity index is 1050. The summed E-state index contributed by atoms with van der Waals surface area (Å²) in [5.74, 6) is 1.43. The molecule has 1 aliphatic heterocycles. The number of likely N-dealkylation sites (tertiary alicyclic amines) is 1. The molecule has 1 heterocycles. The van der Waals surface area contributed by atoms with E-state index in [4.69, 9.17) is 9.47 Å². The largest absolute Gasteiger partial charge is 0.493 e. The maximum Gasteiger partial charge on any atom is 0.319 e. The van der Waals surface area contributed by atoms with E-state index in [0.717, 1.165) is 38.0 Å². The molecule has 1 saturated carbocycles. The van der Waals surface area contributed by atoms with E-state index in [-0.39, 0.29) is 28.9 Å². The Hall–Kier alpha value is -3.33. The Kier molecular flexibility index (Phi) is 6.42.